The van der Waals surface area contributed by atoms with Gasteiger partial charge in [-0.1, -0.05) is 29.5 Å². The SMILES string of the molecule is COCc1ccccc1[Si]. The van der Waals surface area contributed by atoms with Gasteiger partial charge in [0.05, 0.1) is 16.8 Å². The topological polar surface area (TPSA) is 9.23 Å². The number of hydrogen-bond donors (Lipinski definition) is 0. The molecule has 10 heavy (non-hydrogen) atoms. The summed E-state index contributed by atoms with van der Waals surface area (Å²) < 4.78 is 4.98. The monoisotopic (exact) mass is 149 g/mol. The summed E-state index contributed by atoms with van der Waals surface area (Å²) in [5, 5.41) is 1.10. The van der Waals surface area contributed by atoms with Gasteiger partial charge < -0.3 is 4.74 Å². The summed E-state index contributed by atoms with van der Waals surface area (Å²) in [4.78, 5) is 0. The Morgan fingerprint density at radius 1 is 1.40 bits per heavy atom. The molecule has 0 N–H and O–H groups in total. The van der Waals surface area contributed by atoms with E-state index in [1.54, 1.807) is 7.11 Å². The van der Waals surface area contributed by atoms with Crippen molar-refractivity contribution in [3.05, 3.63) is 29.8 Å². The molecule has 0 aliphatic rings. The molecule has 0 amide bonds. The quantitative estimate of drug-likeness (QED) is 0.560. The van der Waals surface area contributed by atoms with Gasteiger partial charge >= 0.3 is 0 Å². The Morgan fingerprint density at radius 2 is 2.10 bits per heavy atom. The van der Waals surface area contributed by atoms with E-state index in [-0.39, 0.29) is 0 Å². The second kappa shape index (κ2) is 3.54. The van der Waals surface area contributed by atoms with Crippen LogP contribution in [0.25, 0.3) is 0 Å². The van der Waals surface area contributed by atoms with E-state index in [0.29, 0.717) is 6.61 Å². The molecular formula is C8H9OSi. The van der Waals surface area contributed by atoms with Crippen molar-refractivity contribution >= 4 is 15.4 Å². The molecule has 0 heterocycles. The Labute approximate surface area is 64.4 Å². The van der Waals surface area contributed by atoms with E-state index in [1.807, 2.05) is 24.3 Å². The summed E-state index contributed by atoms with van der Waals surface area (Å²) in [6.45, 7) is 0.666. The van der Waals surface area contributed by atoms with Gasteiger partial charge in [-0.15, -0.1) is 0 Å². The van der Waals surface area contributed by atoms with Crippen molar-refractivity contribution in [2.24, 2.45) is 0 Å². The van der Waals surface area contributed by atoms with Crippen molar-refractivity contribution in [2.75, 3.05) is 7.11 Å². The highest BCUT2D eigenvalue weighted by Gasteiger charge is 1.92. The lowest BCUT2D eigenvalue weighted by Gasteiger charge is -2.01. The minimum atomic E-state index is 0.666. The zero-order valence-corrected chi connectivity index (χ0v) is 6.92. The second-order valence-corrected chi connectivity index (χ2v) is 2.63. The fraction of sp³-hybridized carbons (Fsp3) is 0.250. The van der Waals surface area contributed by atoms with Crippen LogP contribution < -0.4 is 5.19 Å². The fourth-order valence-electron chi connectivity index (χ4n) is 0.802. The smallest absolute Gasteiger partial charge is 0.0716 e. The van der Waals surface area contributed by atoms with Gasteiger partial charge in [0, 0.05) is 7.11 Å². The highest BCUT2D eigenvalue weighted by atomic mass is 28.1. The Hall–Kier alpha value is -0.603. The van der Waals surface area contributed by atoms with Crippen molar-refractivity contribution in [3.8, 4) is 0 Å². The van der Waals surface area contributed by atoms with Gasteiger partial charge in [0.2, 0.25) is 0 Å². The van der Waals surface area contributed by atoms with Crippen LogP contribution in [0.4, 0.5) is 0 Å². The largest absolute Gasteiger partial charge is 0.380 e. The van der Waals surface area contributed by atoms with Gasteiger partial charge in [-0.05, 0) is 5.56 Å². The predicted octanol–water partition coefficient (Wildman–Crippen LogP) is 0.627. The summed E-state index contributed by atoms with van der Waals surface area (Å²) in [7, 11) is 5.16. The molecule has 0 saturated carbocycles. The van der Waals surface area contributed by atoms with E-state index in [0.717, 1.165) is 5.19 Å². The molecule has 2 heteroatoms. The second-order valence-electron chi connectivity index (χ2n) is 2.09. The van der Waals surface area contributed by atoms with Crippen LogP contribution in [0.5, 0.6) is 0 Å². The first-order valence-corrected chi connectivity index (χ1v) is 3.63. The molecule has 0 unspecified atom stereocenters. The van der Waals surface area contributed by atoms with Crippen LogP contribution in [0, 0.1) is 0 Å². The maximum absolute atomic E-state index is 4.98. The zero-order valence-electron chi connectivity index (χ0n) is 5.92. The van der Waals surface area contributed by atoms with Crippen LogP contribution in [0.3, 0.4) is 0 Å². The number of benzene rings is 1. The molecule has 1 nitrogen and oxygen atoms in total. The maximum Gasteiger partial charge on any atom is 0.0716 e. The molecule has 0 atom stereocenters. The van der Waals surface area contributed by atoms with Gasteiger partial charge in [-0.25, -0.2) is 0 Å². The van der Waals surface area contributed by atoms with Crippen LogP contribution >= 0.6 is 0 Å². The standard InChI is InChI=1S/C8H9OSi/c1-9-6-7-4-2-3-5-8(7)10/h2-5H,6H2,1H3. The Balaban J connectivity index is 2.81. The van der Waals surface area contributed by atoms with Gasteiger partial charge in [-0.2, -0.15) is 0 Å². The summed E-state index contributed by atoms with van der Waals surface area (Å²) >= 11 is 0. The highest BCUT2D eigenvalue weighted by molar-refractivity contribution is 6.33. The third kappa shape index (κ3) is 1.69. The third-order valence-corrected chi connectivity index (χ3v) is 1.80. The lowest BCUT2D eigenvalue weighted by Crippen LogP contribution is -2.09. The summed E-state index contributed by atoms with van der Waals surface area (Å²) in [5.41, 5.74) is 1.18. The Kier molecular flexibility index (Phi) is 2.65. The van der Waals surface area contributed by atoms with Crippen molar-refractivity contribution < 1.29 is 4.74 Å². The number of methoxy groups -OCH3 is 1. The fourth-order valence-corrected chi connectivity index (χ4v) is 1.05. The first kappa shape index (κ1) is 7.50. The molecule has 3 radical (unpaired) electrons. The molecule has 0 aromatic heterocycles. The number of ether oxygens (including phenoxy) is 1. The van der Waals surface area contributed by atoms with Gasteiger partial charge in [0.15, 0.2) is 0 Å². The average Bonchev–Trinajstić information content (AvgIpc) is 1.94. The first-order valence-electron chi connectivity index (χ1n) is 3.13. The summed E-state index contributed by atoms with van der Waals surface area (Å²) in [6, 6.07) is 8.02. The van der Waals surface area contributed by atoms with Crippen LogP contribution in [-0.2, 0) is 11.3 Å². The molecule has 0 aliphatic carbocycles. The Morgan fingerprint density at radius 3 is 2.70 bits per heavy atom. The number of rotatable bonds is 2. The lowest BCUT2D eigenvalue weighted by molar-refractivity contribution is 0.185. The molecular weight excluding hydrogens is 140 g/mol. The van der Waals surface area contributed by atoms with E-state index < -0.39 is 0 Å². The minimum Gasteiger partial charge on any atom is -0.380 e. The lowest BCUT2D eigenvalue weighted by atomic mass is 10.2. The highest BCUT2D eigenvalue weighted by Crippen LogP contribution is 1.94. The van der Waals surface area contributed by atoms with Gasteiger partial charge in [-0.3, -0.25) is 0 Å². The van der Waals surface area contributed by atoms with Gasteiger partial charge in [0.1, 0.15) is 0 Å². The molecule has 1 aromatic carbocycles. The maximum atomic E-state index is 4.98. The van der Waals surface area contributed by atoms with Crippen LogP contribution in [0.1, 0.15) is 5.56 Å². The molecule has 1 aromatic rings. The first-order chi connectivity index (χ1) is 4.84. The summed E-state index contributed by atoms with van der Waals surface area (Å²) in [6.07, 6.45) is 0. The normalized spacial score (nSPS) is 9.80. The Bertz CT molecular complexity index is 210. The van der Waals surface area contributed by atoms with E-state index in [9.17, 15) is 0 Å². The van der Waals surface area contributed by atoms with Gasteiger partial charge in [0.25, 0.3) is 0 Å². The van der Waals surface area contributed by atoms with Crippen molar-refractivity contribution in [2.45, 2.75) is 6.61 Å². The molecule has 0 spiro atoms. The van der Waals surface area contributed by atoms with Crippen LogP contribution in [-0.4, -0.2) is 17.4 Å². The minimum absolute atomic E-state index is 0.666. The molecule has 0 fully saturated rings. The summed E-state index contributed by atoms with van der Waals surface area (Å²) in [5.74, 6) is 0. The van der Waals surface area contributed by atoms with E-state index in [2.05, 4.69) is 10.2 Å². The molecule has 0 aliphatic heterocycles. The molecule has 51 valence electrons. The van der Waals surface area contributed by atoms with Crippen molar-refractivity contribution in [3.63, 3.8) is 0 Å². The predicted molar refractivity (Wildman–Crippen MR) is 42.5 cm³/mol. The third-order valence-electron chi connectivity index (χ3n) is 1.32. The van der Waals surface area contributed by atoms with Crippen LogP contribution in [0.2, 0.25) is 0 Å². The van der Waals surface area contributed by atoms with Crippen molar-refractivity contribution in [1.82, 2.24) is 0 Å². The average molecular weight is 149 g/mol. The van der Waals surface area contributed by atoms with Crippen molar-refractivity contribution in [1.29, 1.82) is 0 Å². The van der Waals surface area contributed by atoms with E-state index >= 15 is 0 Å². The zero-order chi connectivity index (χ0) is 7.40. The number of hydrogen-bond acceptors (Lipinski definition) is 1. The molecule has 0 saturated heterocycles. The molecule has 0 bridgehead atoms. The van der Waals surface area contributed by atoms with Crippen LogP contribution in [0.15, 0.2) is 24.3 Å². The molecule has 1 rings (SSSR count). The van der Waals surface area contributed by atoms with E-state index in [4.69, 9.17) is 4.74 Å². The van der Waals surface area contributed by atoms with E-state index in [1.165, 1.54) is 5.56 Å².